The van der Waals surface area contributed by atoms with Crippen molar-refractivity contribution in [3.05, 3.63) is 28.1 Å². The molecule has 0 fully saturated rings. The van der Waals surface area contributed by atoms with E-state index in [0.717, 1.165) is 0 Å². The standard InChI is InChI=1S/C18H14F5NO4/c1-4-7-10-11(16(25)27-8-5-2)13(15(19)20)24-14(18(21,22)23)12(10)17(26)28-9-6-3/h2-3,15H,4,7-9H2,1H3. The minimum atomic E-state index is -5.28. The summed E-state index contributed by atoms with van der Waals surface area (Å²) in [5.41, 5.74) is -6.10. The lowest BCUT2D eigenvalue weighted by atomic mass is 9.94. The van der Waals surface area contributed by atoms with E-state index < -0.39 is 65.8 Å². The number of hydrogen-bond donors (Lipinski definition) is 0. The molecule has 0 aromatic carbocycles. The first-order chi connectivity index (χ1) is 13.1. The molecule has 1 heterocycles. The van der Waals surface area contributed by atoms with Crippen molar-refractivity contribution in [2.75, 3.05) is 13.2 Å². The number of hydrogen-bond acceptors (Lipinski definition) is 5. The molecule has 150 valence electrons. The predicted molar refractivity (Wildman–Crippen MR) is 86.4 cm³/mol. The van der Waals surface area contributed by atoms with Gasteiger partial charge in [0.1, 0.15) is 5.69 Å². The number of halogens is 5. The Morgan fingerprint density at radius 1 is 1.07 bits per heavy atom. The van der Waals surface area contributed by atoms with Gasteiger partial charge in [0, 0.05) is 0 Å². The quantitative estimate of drug-likeness (QED) is 0.396. The molecule has 0 aliphatic heterocycles. The molecular weight excluding hydrogens is 389 g/mol. The second-order valence-electron chi connectivity index (χ2n) is 5.18. The van der Waals surface area contributed by atoms with Gasteiger partial charge in [0.15, 0.2) is 18.9 Å². The third kappa shape index (κ3) is 5.19. The second-order valence-corrected chi connectivity index (χ2v) is 5.18. The van der Waals surface area contributed by atoms with Crippen molar-refractivity contribution < 1.29 is 41.0 Å². The summed E-state index contributed by atoms with van der Waals surface area (Å²) in [5.74, 6) is 0.844. The minimum absolute atomic E-state index is 0.106. The van der Waals surface area contributed by atoms with Gasteiger partial charge in [-0.2, -0.15) is 13.2 Å². The molecule has 0 atom stereocenters. The highest BCUT2D eigenvalue weighted by molar-refractivity contribution is 5.99. The van der Waals surface area contributed by atoms with Crippen molar-refractivity contribution in [2.24, 2.45) is 0 Å². The molecule has 0 N–H and O–H groups in total. The van der Waals surface area contributed by atoms with Gasteiger partial charge in [0.05, 0.1) is 11.1 Å². The maximum Gasteiger partial charge on any atom is 0.434 e. The van der Waals surface area contributed by atoms with E-state index in [4.69, 9.17) is 12.8 Å². The average molecular weight is 403 g/mol. The van der Waals surface area contributed by atoms with Gasteiger partial charge in [-0.25, -0.2) is 23.4 Å². The topological polar surface area (TPSA) is 65.5 Å². The van der Waals surface area contributed by atoms with Crippen LogP contribution in [0.1, 0.15) is 57.4 Å². The lowest BCUT2D eigenvalue weighted by molar-refractivity contribution is -0.142. The van der Waals surface area contributed by atoms with Gasteiger partial charge in [-0.05, 0) is 12.0 Å². The van der Waals surface area contributed by atoms with Gasteiger partial charge >= 0.3 is 18.1 Å². The summed E-state index contributed by atoms with van der Waals surface area (Å²) < 4.78 is 76.2. The molecular formula is C18H14F5NO4. The van der Waals surface area contributed by atoms with Crippen molar-refractivity contribution in [1.82, 2.24) is 4.98 Å². The number of pyridine rings is 1. The lowest BCUT2D eigenvalue weighted by Crippen LogP contribution is -2.25. The van der Waals surface area contributed by atoms with E-state index in [1.54, 1.807) is 0 Å². The molecule has 0 saturated heterocycles. The van der Waals surface area contributed by atoms with E-state index in [0.29, 0.717) is 0 Å². The van der Waals surface area contributed by atoms with E-state index in [9.17, 15) is 31.5 Å². The highest BCUT2D eigenvalue weighted by atomic mass is 19.4. The number of carbonyl (C=O) groups is 2. The zero-order chi connectivity index (χ0) is 21.5. The number of esters is 2. The third-order valence-corrected chi connectivity index (χ3v) is 3.29. The van der Waals surface area contributed by atoms with Crippen molar-refractivity contribution in [3.8, 4) is 24.7 Å². The van der Waals surface area contributed by atoms with Crippen LogP contribution < -0.4 is 0 Å². The Bertz CT molecular complexity index is 834. The molecule has 0 bridgehead atoms. The van der Waals surface area contributed by atoms with Gasteiger partial charge in [-0.15, -0.1) is 12.8 Å². The SMILES string of the molecule is C#CCOC(=O)c1c(C(F)F)nc(C(F)(F)F)c(C(=O)OCC#C)c1CCC. The smallest absolute Gasteiger partial charge is 0.434 e. The summed E-state index contributed by atoms with van der Waals surface area (Å²) in [4.78, 5) is 27.3. The molecule has 1 rings (SSSR count). The van der Waals surface area contributed by atoms with Crippen LogP contribution in [-0.2, 0) is 22.1 Å². The number of ether oxygens (including phenoxy) is 2. The van der Waals surface area contributed by atoms with Gasteiger partial charge in [-0.3, -0.25) is 0 Å². The Kier molecular flexibility index (Phi) is 7.93. The van der Waals surface area contributed by atoms with Crippen molar-refractivity contribution in [2.45, 2.75) is 32.4 Å². The van der Waals surface area contributed by atoms with Gasteiger partial charge in [-0.1, -0.05) is 25.2 Å². The Morgan fingerprint density at radius 3 is 1.96 bits per heavy atom. The molecule has 5 nitrogen and oxygen atoms in total. The van der Waals surface area contributed by atoms with Gasteiger partial charge < -0.3 is 9.47 Å². The van der Waals surface area contributed by atoms with Gasteiger partial charge in [0.2, 0.25) is 0 Å². The van der Waals surface area contributed by atoms with Crippen LogP contribution in [0.15, 0.2) is 0 Å². The van der Waals surface area contributed by atoms with E-state index >= 15 is 0 Å². The monoisotopic (exact) mass is 403 g/mol. The number of alkyl halides is 5. The fourth-order valence-corrected chi connectivity index (χ4v) is 2.32. The van der Waals surface area contributed by atoms with E-state index in [2.05, 4.69) is 14.5 Å². The van der Waals surface area contributed by atoms with Crippen LogP contribution in [0.5, 0.6) is 0 Å². The summed E-state index contributed by atoms with van der Waals surface area (Å²) in [6, 6.07) is 0. The summed E-state index contributed by atoms with van der Waals surface area (Å²) in [5, 5.41) is 0. The first kappa shape index (κ1) is 22.9. The first-order valence-electron chi connectivity index (χ1n) is 7.73. The fourth-order valence-electron chi connectivity index (χ4n) is 2.32. The second kappa shape index (κ2) is 9.70. The molecule has 28 heavy (non-hydrogen) atoms. The molecule has 0 saturated carbocycles. The summed E-state index contributed by atoms with van der Waals surface area (Å²) in [6.07, 6.45) is 0.777. The van der Waals surface area contributed by atoms with Crippen LogP contribution in [0.3, 0.4) is 0 Å². The van der Waals surface area contributed by atoms with Crippen molar-refractivity contribution in [3.63, 3.8) is 0 Å². The van der Waals surface area contributed by atoms with E-state index in [1.807, 2.05) is 11.8 Å². The van der Waals surface area contributed by atoms with Crippen LogP contribution in [0.2, 0.25) is 0 Å². The van der Waals surface area contributed by atoms with E-state index in [-0.39, 0.29) is 12.8 Å². The number of rotatable bonds is 7. The number of aromatic nitrogens is 1. The number of terminal acetylenes is 2. The first-order valence-corrected chi connectivity index (χ1v) is 7.73. The molecule has 0 aliphatic carbocycles. The molecule has 1 aromatic heterocycles. The predicted octanol–water partition coefficient (Wildman–Crippen LogP) is 3.57. The zero-order valence-corrected chi connectivity index (χ0v) is 14.5. The Balaban J connectivity index is 3.92. The average Bonchev–Trinajstić information content (AvgIpc) is 2.62. The normalized spacial score (nSPS) is 10.9. The van der Waals surface area contributed by atoms with Crippen LogP contribution in [-0.4, -0.2) is 30.1 Å². The molecule has 0 unspecified atom stereocenters. The molecule has 0 radical (unpaired) electrons. The summed E-state index contributed by atoms with van der Waals surface area (Å²) in [7, 11) is 0. The minimum Gasteiger partial charge on any atom is -0.449 e. The lowest BCUT2D eigenvalue weighted by Gasteiger charge is -2.20. The summed E-state index contributed by atoms with van der Waals surface area (Å²) >= 11 is 0. The molecule has 1 aromatic rings. The van der Waals surface area contributed by atoms with Crippen molar-refractivity contribution >= 4 is 11.9 Å². The largest absolute Gasteiger partial charge is 0.449 e. The molecule has 10 heteroatoms. The van der Waals surface area contributed by atoms with Crippen LogP contribution in [0.4, 0.5) is 22.0 Å². The van der Waals surface area contributed by atoms with Crippen molar-refractivity contribution in [1.29, 1.82) is 0 Å². The zero-order valence-electron chi connectivity index (χ0n) is 14.5. The third-order valence-electron chi connectivity index (χ3n) is 3.29. The van der Waals surface area contributed by atoms with Crippen LogP contribution in [0.25, 0.3) is 0 Å². The highest BCUT2D eigenvalue weighted by Gasteiger charge is 2.43. The molecule has 0 spiro atoms. The fraction of sp³-hybridized carbons (Fsp3) is 0.389. The maximum atomic E-state index is 13.4. The Labute approximate surface area is 157 Å². The maximum absolute atomic E-state index is 13.4. The van der Waals surface area contributed by atoms with Crippen LogP contribution >= 0.6 is 0 Å². The molecule has 0 amide bonds. The number of nitrogens with zero attached hydrogens (tertiary/aromatic N) is 1. The Hall–Kier alpha value is -3.14. The number of carbonyl (C=O) groups excluding carboxylic acids is 2. The Morgan fingerprint density at radius 2 is 1.57 bits per heavy atom. The summed E-state index contributed by atoms with van der Waals surface area (Å²) in [6.45, 7) is 0.211. The van der Waals surface area contributed by atoms with Crippen LogP contribution in [0, 0.1) is 24.7 Å². The van der Waals surface area contributed by atoms with Gasteiger partial charge in [0.25, 0.3) is 6.43 Å². The molecule has 0 aliphatic rings. The highest BCUT2D eigenvalue weighted by Crippen LogP contribution is 2.37. The van der Waals surface area contributed by atoms with E-state index in [1.165, 1.54) is 6.92 Å².